The normalized spacial score (nSPS) is 11.2. The van der Waals surface area contributed by atoms with Gasteiger partial charge in [-0.05, 0) is 18.1 Å². The van der Waals surface area contributed by atoms with Crippen molar-refractivity contribution in [2.45, 2.75) is 18.2 Å². The van der Waals surface area contributed by atoms with Gasteiger partial charge in [0, 0.05) is 18.5 Å². The molecule has 1 aromatic carbocycles. The van der Waals surface area contributed by atoms with Crippen LogP contribution in [0.4, 0.5) is 5.69 Å². The molecular formula is C13H14N2O3S. The van der Waals surface area contributed by atoms with Gasteiger partial charge in [-0.15, -0.1) is 0 Å². The van der Waals surface area contributed by atoms with Crippen molar-refractivity contribution in [3.8, 4) is 0 Å². The second-order valence-corrected chi connectivity index (χ2v) is 5.64. The third kappa shape index (κ3) is 2.85. The first-order chi connectivity index (χ1) is 9.04. The van der Waals surface area contributed by atoms with Gasteiger partial charge < -0.3 is 4.98 Å². The quantitative estimate of drug-likeness (QED) is 0.894. The standard InChI is InChI=1S/C13H14N2O3S/c1-2-10-5-3-4-6-11(10)15-19(17,18)13-9-14-8-7-12(13)16/h3-9,15H,2H2,1H3,(H,14,16). The van der Waals surface area contributed by atoms with Crippen LogP contribution in [0.15, 0.2) is 52.4 Å². The molecule has 2 rings (SSSR count). The molecule has 0 unspecified atom stereocenters. The van der Waals surface area contributed by atoms with Crippen LogP contribution in [-0.2, 0) is 16.4 Å². The summed E-state index contributed by atoms with van der Waals surface area (Å²) in [7, 11) is -3.87. The monoisotopic (exact) mass is 278 g/mol. The number of aryl methyl sites for hydroxylation is 1. The Bertz CT molecular complexity index is 735. The van der Waals surface area contributed by atoms with Crippen LogP contribution in [-0.4, -0.2) is 13.4 Å². The van der Waals surface area contributed by atoms with E-state index in [0.29, 0.717) is 12.1 Å². The summed E-state index contributed by atoms with van der Waals surface area (Å²) in [5.41, 5.74) is 0.826. The molecule has 1 aromatic heterocycles. The largest absolute Gasteiger partial charge is 0.366 e. The number of H-pyrrole nitrogens is 1. The van der Waals surface area contributed by atoms with Gasteiger partial charge in [0.15, 0.2) is 4.90 Å². The van der Waals surface area contributed by atoms with Gasteiger partial charge in [-0.2, -0.15) is 0 Å². The van der Waals surface area contributed by atoms with Crippen molar-refractivity contribution < 1.29 is 8.42 Å². The molecule has 5 nitrogen and oxygen atoms in total. The number of anilines is 1. The van der Waals surface area contributed by atoms with Crippen molar-refractivity contribution in [1.29, 1.82) is 0 Å². The number of rotatable bonds is 4. The molecule has 0 atom stereocenters. The molecule has 0 radical (unpaired) electrons. The maximum absolute atomic E-state index is 12.2. The maximum atomic E-state index is 12.2. The van der Waals surface area contributed by atoms with Crippen LogP contribution in [0.3, 0.4) is 0 Å². The van der Waals surface area contributed by atoms with Crippen molar-refractivity contribution in [3.63, 3.8) is 0 Å². The second-order valence-electron chi connectivity index (χ2n) is 3.99. The number of pyridine rings is 1. The molecule has 0 aliphatic rings. The summed E-state index contributed by atoms with van der Waals surface area (Å²) < 4.78 is 26.8. The highest BCUT2D eigenvalue weighted by molar-refractivity contribution is 7.92. The Balaban J connectivity index is 2.43. The Morgan fingerprint density at radius 3 is 2.63 bits per heavy atom. The van der Waals surface area contributed by atoms with Crippen molar-refractivity contribution in [3.05, 3.63) is 58.5 Å². The zero-order chi connectivity index (χ0) is 13.9. The van der Waals surface area contributed by atoms with Crippen LogP contribution in [0, 0.1) is 0 Å². The minimum atomic E-state index is -3.87. The van der Waals surface area contributed by atoms with Gasteiger partial charge in [-0.25, -0.2) is 8.42 Å². The van der Waals surface area contributed by atoms with E-state index in [1.54, 1.807) is 12.1 Å². The fourth-order valence-electron chi connectivity index (χ4n) is 1.74. The minimum absolute atomic E-state index is 0.291. The summed E-state index contributed by atoms with van der Waals surface area (Å²) >= 11 is 0. The van der Waals surface area contributed by atoms with Crippen LogP contribution in [0.1, 0.15) is 12.5 Å². The zero-order valence-corrected chi connectivity index (χ0v) is 11.2. The lowest BCUT2D eigenvalue weighted by Crippen LogP contribution is -2.21. The molecule has 0 aliphatic heterocycles. The van der Waals surface area contributed by atoms with Crippen molar-refractivity contribution in [2.75, 3.05) is 4.72 Å². The first-order valence-corrected chi connectivity index (χ1v) is 7.30. The number of aromatic amines is 1. The van der Waals surface area contributed by atoms with E-state index in [9.17, 15) is 13.2 Å². The fraction of sp³-hybridized carbons (Fsp3) is 0.154. The average molecular weight is 278 g/mol. The van der Waals surface area contributed by atoms with Crippen LogP contribution >= 0.6 is 0 Å². The maximum Gasteiger partial charge on any atom is 0.267 e. The van der Waals surface area contributed by atoms with Crippen LogP contribution < -0.4 is 10.2 Å². The summed E-state index contributed by atoms with van der Waals surface area (Å²) in [5.74, 6) is 0. The van der Waals surface area contributed by atoms with Crippen molar-refractivity contribution in [2.24, 2.45) is 0 Å². The molecule has 0 saturated heterocycles. The van der Waals surface area contributed by atoms with E-state index in [0.717, 1.165) is 5.56 Å². The SMILES string of the molecule is CCc1ccccc1NS(=O)(=O)c1c[nH]ccc1=O. The molecule has 2 N–H and O–H groups in total. The average Bonchev–Trinajstić information content (AvgIpc) is 2.39. The number of benzene rings is 1. The second kappa shape index (κ2) is 5.27. The molecule has 0 amide bonds. The predicted molar refractivity (Wildman–Crippen MR) is 73.7 cm³/mol. The van der Waals surface area contributed by atoms with Crippen LogP contribution in [0.5, 0.6) is 0 Å². The predicted octanol–water partition coefficient (Wildman–Crippen LogP) is 1.74. The van der Waals surface area contributed by atoms with E-state index in [1.165, 1.54) is 18.5 Å². The molecule has 1 heterocycles. The highest BCUT2D eigenvalue weighted by Gasteiger charge is 2.18. The molecular weight excluding hydrogens is 264 g/mol. The number of nitrogens with one attached hydrogen (secondary N) is 2. The number of para-hydroxylation sites is 1. The molecule has 19 heavy (non-hydrogen) atoms. The van der Waals surface area contributed by atoms with Gasteiger partial charge in [0.1, 0.15) is 0 Å². The first kappa shape index (κ1) is 13.4. The Morgan fingerprint density at radius 1 is 1.21 bits per heavy atom. The molecule has 0 aliphatic carbocycles. The highest BCUT2D eigenvalue weighted by atomic mass is 32.2. The van der Waals surface area contributed by atoms with Gasteiger partial charge in [0.05, 0.1) is 5.69 Å². The van der Waals surface area contributed by atoms with Crippen molar-refractivity contribution in [1.82, 2.24) is 4.98 Å². The zero-order valence-electron chi connectivity index (χ0n) is 10.4. The summed E-state index contributed by atoms with van der Waals surface area (Å²) in [4.78, 5) is 13.9. The first-order valence-electron chi connectivity index (χ1n) is 5.82. The summed E-state index contributed by atoms with van der Waals surface area (Å²) in [6.45, 7) is 1.93. The van der Waals surface area contributed by atoms with Gasteiger partial charge in [0.25, 0.3) is 10.0 Å². The van der Waals surface area contributed by atoms with Gasteiger partial charge in [0.2, 0.25) is 5.43 Å². The smallest absolute Gasteiger partial charge is 0.267 e. The van der Waals surface area contributed by atoms with E-state index in [4.69, 9.17) is 0 Å². The van der Waals surface area contributed by atoms with Crippen molar-refractivity contribution >= 4 is 15.7 Å². The number of hydrogen-bond acceptors (Lipinski definition) is 3. The lowest BCUT2D eigenvalue weighted by Gasteiger charge is -2.10. The Labute approximate surface area is 111 Å². The Kier molecular flexibility index (Phi) is 3.71. The lowest BCUT2D eigenvalue weighted by molar-refractivity contribution is 0.600. The fourth-order valence-corrected chi connectivity index (χ4v) is 2.89. The Morgan fingerprint density at radius 2 is 1.95 bits per heavy atom. The van der Waals surface area contributed by atoms with Crippen LogP contribution in [0.2, 0.25) is 0 Å². The molecule has 0 fully saturated rings. The topological polar surface area (TPSA) is 79.0 Å². The third-order valence-electron chi connectivity index (χ3n) is 2.72. The molecule has 0 saturated carbocycles. The van der Waals surface area contributed by atoms with E-state index >= 15 is 0 Å². The van der Waals surface area contributed by atoms with Gasteiger partial charge in [-0.1, -0.05) is 25.1 Å². The Hall–Kier alpha value is -2.08. The molecule has 6 heteroatoms. The van der Waals surface area contributed by atoms with E-state index in [1.807, 2.05) is 19.1 Å². The summed E-state index contributed by atoms with van der Waals surface area (Å²) in [6, 6.07) is 8.28. The molecule has 2 aromatic rings. The highest BCUT2D eigenvalue weighted by Crippen LogP contribution is 2.18. The minimum Gasteiger partial charge on any atom is -0.366 e. The summed E-state index contributed by atoms with van der Waals surface area (Å²) in [5, 5.41) is 0. The molecule has 0 bridgehead atoms. The van der Waals surface area contributed by atoms with E-state index in [-0.39, 0.29) is 4.90 Å². The number of sulfonamides is 1. The third-order valence-corrected chi connectivity index (χ3v) is 4.11. The van der Waals surface area contributed by atoms with Gasteiger partial charge >= 0.3 is 0 Å². The number of aromatic nitrogens is 1. The summed E-state index contributed by atoms with van der Waals surface area (Å²) in [6.07, 6.45) is 3.27. The number of hydrogen-bond donors (Lipinski definition) is 2. The molecule has 0 spiro atoms. The van der Waals surface area contributed by atoms with E-state index < -0.39 is 15.5 Å². The lowest BCUT2D eigenvalue weighted by atomic mass is 10.1. The van der Waals surface area contributed by atoms with Crippen LogP contribution in [0.25, 0.3) is 0 Å². The van der Waals surface area contributed by atoms with Gasteiger partial charge in [-0.3, -0.25) is 9.52 Å². The van der Waals surface area contributed by atoms with E-state index in [2.05, 4.69) is 9.71 Å². The molecule has 100 valence electrons.